The third-order valence-corrected chi connectivity index (χ3v) is 11.3. The maximum atomic E-state index is 6.85. The van der Waals surface area contributed by atoms with Gasteiger partial charge in [-0.05, 0) is 33.4 Å². The summed E-state index contributed by atoms with van der Waals surface area (Å²) in [5, 5.41) is 0. The molecule has 64 heavy (non-hydrogen) atoms. The lowest BCUT2D eigenvalue weighted by Crippen LogP contribution is -2.61. The van der Waals surface area contributed by atoms with Crippen LogP contribution in [0.4, 0.5) is 0 Å². The summed E-state index contributed by atoms with van der Waals surface area (Å²) < 4.78 is 66.6. The Hall–Kier alpha value is -5.08. The first-order valence-corrected chi connectivity index (χ1v) is 22.0. The molecule has 2 saturated heterocycles. The van der Waals surface area contributed by atoms with Crippen molar-refractivity contribution in [1.82, 2.24) is 0 Å². The fourth-order valence-electron chi connectivity index (χ4n) is 8.00. The van der Waals surface area contributed by atoms with Crippen molar-refractivity contribution < 1.29 is 47.4 Å². The van der Waals surface area contributed by atoms with E-state index in [1.54, 1.807) is 7.11 Å². The van der Waals surface area contributed by atoms with E-state index in [1.165, 1.54) is 0 Å². The lowest BCUT2D eigenvalue weighted by Gasteiger charge is -2.45. The maximum Gasteiger partial charge on any atom is 0.187 e. The zero-order chi connectivity index (χ0) is 43.6. The highest BCUT2D eigenvalue weighted by atomic mass is 16.8. The van der Waals surface area contributed by atoms with Gasteiger partial charge in [-0.2, -0.15) is 0 Å². The van der Waals surface area contributed by atoms with Crippen molar-refractivity contribution in [2.24, 2.45) is 0 Å². The summed E-state index contributed by atoms with van der Waals surface area (Å²) in [6.07, 6.45) is -5.97. The third kappa shape index (κ3) is 13.0. The average Bonchev–Trinajstić information content (AvgIpc) is 3.69. The van der Waals surface area contributed by atoms with Gasteiger partial charge in [0.1, 0.15) is 42.7 Å². The predicted octanol–water partition coefficient (Wildman–Crippen LogP) is 9.24. The lowest BCUT2D eigenvalue weighted by molar-refractivity contribution is -0.328. The molecule has 334 valence electrons. The first kappa shape index (κ1) is 45.5. The molecule has 0 aliphatic carbocycles. The Kier molecular flexibility index (Phi) is 17.3. The summed E-state index contributed by atoms with van der Waals surface area (Å²) in [4.78, 5) is 0. The van der Waals surface area contributed by atoms with Crippen LogP contribution in [0.1, 0.15) is 33.4 Å². The fraction of sp³-hybridized carbons (Fsp3) is 0.333. The smallest absolute Gasteiger partial charge is 0.187 e. The molecule has 9 atom stereocenters. The predicted molar refractivity (Wildman–Crippen MR) is 241 cm³/mol. The van der Waals surface area contributed by atoms with Gasteiger partial charge in [0.05, 0.1) is 52.9 Å². The van der Waals surface area contributed by atoms with Gasteiger partial charge in [0.15, 0.2) is 12.6 Å². The molecule has 0 amide bonds. The van der Waals surface area contributed by atoms with E-state index in [0.717, 1.165) is 33.4 Å². The summed E-state index contributed by atoms with van der Waals surface area (Å²) in [6.45, 7) is 2.33. The second-order valence-corrected chi connectivity index (χ2v) is 16.0. The summed E-state index contributed by atoms with van der Waals surface area (Å²) in [6, 6.07) is 60.3. The third-order valence-electron chi connectivity index (χ3n) is 11.3. The van der Waals surface area contributed by atoms with E-state index < -0.39 is 55.3 Å². The highest BCUT2D eigenvalue weighted by Crippen LogP contribution is 2.34. The van der Waals surface area contributed by atoms with Gasteiger partial charge in [-0.25, -0.2) is 0 Å². The van der Waals surface area contributed by atoms with E-state index in [1.807, 2.05) is 182 Å². The number of methoxy groups -OCH3 is 1. The quantitative estimate of drug-likeness (QED) is 0.0621. The highest BCUT2D eigenvalue weighted by molar-refractivity contribution is 5.18. The molecule has 2 heterocycles. The average molecular weight is 867 g/mol. The van der Waals surface area contributed by atoms with Crippen molar-refractivity contribution in [1.29, 1.82) is 0 Å². The normalized spacial score (nSPS) is 24.4. The molecule has 10 heteroatoms. The van der Waals surface area contributed by atoms with Crippen molar-refractivity contribution >= 4 is 0 Å². The second kappa shape index (κ2) is 24.3. The van der Waals surface area contributed by atoms with Gasteiger partial charge in [-0.3, -0.25) is 0 Å². The number of hydrogen-bond donors (Lipinski definition) is 0. The van der Waals surface area contributed by atoms with Gasteiger partial charge in [0, 0.05) is 7.11 Å². The molecular formula is C54H58O10. The summed E-state index contributed by atoms with van der Waals surface area (Å²) in [5.41, 5.74) is 6.13. The lowest BCUT2D eigenvalue weighted by atomic mass is 9.97. The molecule has 0 bridgehead atoms. The number of rotatable bonds is 23. The van der Waals surface area contributed by atoms with Crippen LogP contribution >= 0.6 is 0 Å². The van der Waals surface area contributed by atoms with Gasteiger partial charge < -0.3 is 47.4 Å². The molecule has 8 rings (SSSR count). The summed E-state index contributed by atoms with van der Waals surface area (Å²) >= 11 is 0. The van der Waals surface area contributed by atoms with Crippen LogP contribution < -0.4 is 0 Å². The van der Waals surface area contributed by atoms with Gasteiger partial charge in [0.2, 0.25) is 0 Å². The molecular weight excluding hydrogens is 809 g/mol. The van der Waals surface area contributed by atoms with Crippen molar-refractivity contribution in [3.63, 3.8) is 0 Å². The molecule has 2 aliphatic heterocycles. The number of ether oxygens (including phenoxy) is 10. The zero-order valence-electron chi connectivity index (χ0n) is 36.3. The van der Waals surface area contributed by atoms with E-state index in [4.69, 9.17) is 47.4 Å². The molecule has 6 aromatic carbocycles. The van der Waals surface area contributed by atoms with Crippen molar-refractivity contribution in [3.8, 4) is 0 Å². The van der Waals surface area contributed by atoms with E-state index in [2.05, 4.69) is 0 Å². The molecule has 0 aromatic heterocycles. The molecule has 6 aromatic rings. The minimum absolute atomic E-state index is 0.0504. The summed E-state index contributed by atoms with van der Waals surface area (Å²) in [7, 11) is 1.61. The Morgan fingerprint density at radius 2 is 0.609 bits per heavy atom. The van der Waals surface area contributed by atoms with Crippen LogP contribution in [-0.4, -0.2) is 75.6 Å². The summed E-state index contributed by atoms with van der Waals surface area (Å²) in [5.74, 6) is 0. The largest absolute Gasteiger partial charge is 0.374 e. The Morgan fingerprint density at radius 3 is 1.00 bits per heavy atom. The topological polar surface area (TPSA) is 92.3 Å². The van der Waals surface area contributed by atoms with Gasteiger partial charge >= 0.3 is 0 Å². The Bertz CT molecular complexity index is 2170. The van der Waals surface area contributed by atoms with E-state index in [-0.39, 0.29) is 13.2 Å². The minimum atomic E-state index is -0.857. The maximum absolute atomic E-state index is 6.85. The molecule has 2 aliphatic rings. The second-order valence-electron chi connectivity index (χ2n) is 16.0. The van der Waals surface area contributed by atoms with Crippen LogP contribution in [0.2, 0.25) is 0 Å². The molecule has 2 fully saturated rings. The van der Waals surface area contributed by atoms with Crippen molar-refractivity contribution in [2.45, 2.75) is 94.9 Å². The fourth-order valence-corrected chi connectivity index (χ4v) is 8.00. The standard InChI is InChI=1S/C54H58O10/c1-55-53-52(61-37-45-30-18-7-19-31-45)50(59-35-43-26-14-5-15-27-43)48(57-33-41-22-10-3-11-23-41)47(63-53)39-62-54-51(60-36-44-28-16-6-17-29-44)49(58-34-42-24-12-4-13-25-42)46(64-54)38-56-32-40-20-8-2-9-21-40/h2-31,46-54H,32-39H2,1H3/t46-,47-,48-,49-,50+,51-,52-,53-,54-/m1/s1. The van der Waals surface area contributed by atoms with Gasteiger partial charge in [0.25, 0.3) is 0 Å². The van der Waals surface area contributed by atoms with Crippen LogP contribution in [0, 0.1) is 0 Å². The Balaban J connectivity index is 1.06. The van der Waals surface area contributed by atoms with E-state index >= 15 is 0 Å². The Labute approximate surface area is 376 Å². The first-order valence-electron chi connectivity index (χ1n) is 22.0. The molecule has 0 radical (unpaired) electrons. The van der Waals surface area contributed by atoms with Crippen LogP contribution in [0.25, 0.3) is 0 Å². The van der Waals surface area contributed by atoms with Gasteiger partial charge in [-0.1, -0.05) is 182 Å². The van der Waals surface area contributed by atoms with Crippen molar-refractivity contribution in [2.75, 3.05) is 20.3 Å². The molecule has 0 spiro atoms. The van der Waals surface area contributed by atoms with Crippen molar-refractivity contribution in [3.05, 3.63) is 215 Å². The zero-order valence-corrected chi connectivity index (χ0v) is 36.3. The molecule has 0 N–H and O–H groups in total. The minimum Gasteiger partial charge on any atom is -0.374 e. The van der Waals surface area contributed by atoms with Crippen LogP contribution in [0.5, 0.6) is 0 Å². The SMILES string of the molecule is CO[C@@H]1O[C@H](CO[C@@H]2O[C@H](COCc3ccccc3)[C@@H](OCc3ccccc3)[C@H]2OCc2ccccc2)[C@@H](OCc2ccccc2)[C@H](OCc2ccccc2)[C@H]1OCc1ccccc1. The first-order chi connectivity index (χ1) is 31.7. The van der Waals surface area contributed by atoms with E-state index in [9.17, 15) is 0 Å². The van der Waals surface area contributed by atoms with Crippen LogP contribution in [-0.2, 0) is 87.0 Å². The van der Waals surface area contributed by atoms with E-state index in [0.29, 0.717) is 39.6 Å². The van der Waals surface area contributed by atoms with Crippen LogP contribution in [0.3, 0.4) is 0 Å². The number of hydrogen-bond acceptors (Lipinski definition) is 10. The highest BCUT2D eigenvalue weighted by Gasteiger charge is 2.51. The number of benzene rings is 6. The van der Waals surface area contributed by atoms with Gasteiger partial charge in [-0.15, -0.1) is 0 Å². The molecule has 0 unspecified atom stereocenters. The Morgan fingerprint density at radius 1 is 0.312 bits per heavy atom. The molecule has 0 saturated carbocycles. The monoisotopic (exact) mass is 866 g/mol. The molecule has 10 nitrogen and oxygen atoms in total. The van der Waals surface area contributed by atoms with Crippen LogP contribution in [0.15, 0.2) is 182 Å².